The Morgan fingerprint density at radius 3 is 2.82 bits per heavy atom. The van der Waals surface area contributed by atoms with Crippen molar-refractivity contribution in [1.82, 2.24) is 10.2 Å². The number of amides is 1. The topological polar surface area (TPSA) is 94.3 Å². The molecule has 0 unspecified atom stereocenters. The molecule has 3 rings (SSSR count). The zero-order chi connectivity index (χ0) is 20.1. The molecule has 0 bridgehead atoms. The van der Waals surface area contributed by atoms with Gasteiger partial charge in [-0.05, 0) is 36.4 Å². The summed E-state index contributed by atoms with van der Waals surface area (Å²) in [4.78, 5) is 23.8. The average Bonchev–Trinajstić information content (AvgIpc) is 3.16. The fourth-order valence-corrected chi connectivity index (χ4v) is 3.36. The molecular formula is C18H13BrClN3O4S. The number of carbonyl (C=O) groups is 2. The number of hydrogen-bond acceptors (Lipinski definition) is 7. The van der Waals surface area contributed by atoms with Crippen molar-refractivity contribution in [3.63, 3.8) is 0 Å². The molecule has 0 aliphatic rings. The van der Waals surface area contributed by atoms with E-state index in [1.165, 1.54) is 19.2 Å². The Labute approximate surface area is 177 Å². The number of hydrogen-bond donors (Lipinski definition) is 1. The molecule has 7 nitrogen and oxygen atoms in total. The molecule has 10 heteroatoms. The maximum Gasteiger partial charge on any atom is 0.339 e. The van der Waals surface area contributed by atoms with Gasteiger partial charge in [-0.1, -0.05) is 45.4 Å². The normalized spacial score (nSPS) is 10.5. The summed E-state index contributed by atoms with van der Waals surface area (Å²) in [5.41, 5.74) is 1.37. The molecule has 0 saturated carbocycles. The molecular weight excluding hydrogens is 470 g/mol. The Morgan fingerprint density at radius 2 is 2.07 bits per heavy atom. The first-order valence-corrected chi connectivity index (χ1v) is 10.0. The van der Waals surface area contributed by atoms with Crippen molar-refractivity contribution in [2.24, 2.45) is 0 Å². The lowest BCUT2D eigenvalue weighted by molar-refractivity contribution is -0.113. The number of ether oxygens (including phenoxy) is 1. The summed E-state index contributed by atoms with van der Waals surface area (Å²) in [5.74, 6) is -0.465. The largest absolute Gasteiger partial charge is 0.465 e. The summed E-state index contributed by atoms with van der Waals surface area (Å²) in [6.07, 6.45) is 0. The van der Waals surface area contributed by atoms with Crippen LogP contribution in [-0.4, -0.2) is 34.9 Å². The minimum absolute atomic E-state index is 0.0519. The van der Waals surface area contributed by atoms with Gasteiger partial charge in [0, 0.05) is 15.7 Å². The highest BCUT2D eigenvalue weighted by molar-refractivity contribution is 9.10. The lowest BCUT2D eigenvalue weighted by Gasteiger charge is -2.07. The number of halogens is 2. The van der Waals surface area contributed by atoms with E-state index in [0.29, 0.717) is 11.6 Å². The van der Waals surface area contributed by atoms with Gasteiger partial charge in [0.25, 0.3) is 5.22 Å². The zero-order valence-corrected chi connectivity index (χ0v) is 17.6. The Balaban J connectivity index is 1.60. The SMILES string of the molecule is COC(=O)c1cc(NC(=O)CSc2nnc(-c3cccc(Br)c3)o2)ccc1Cl. The number of anilines is 1. The fourth-order valence-electron chi connectivity index (χ4n) is 2.20. The fraction of sp³-hybridized carbons (Fsp3) is 0.111. The van der Waals surface area contributed by atoms with Gasteiger partial charge in [-0.2, -0.15) is 0 Å². The van der Waals surface area contributed by atoms with E-state index in [9.17, 15) is 9.59 Å². The zero-order valence-electron chi connectivity index (χ0n) is 14.4. The van der Waals surface area contributed by atoms with Crippen LogP contribution in [0.25, 0.3) is 11.5 Å². The van der Waals surface area contributed by atoms with Crippen LogP contribution in [0.4, 0.5) is 5.69 Å². The number of thioether (sulfide) groups is 1. The number of nitrogens with one attached hydrogen (secondary N) is 1. The van der Waals surface area contributed by atoms with Gasteiger partial charge in [0.15, 0.2) is 0 Å². The highest BCUT2D eigenvalue weighted by Crippen LogP contribution is 2.26. The number of methoxy groups -OCH3 is 1. The van der Waals surface area contributed by atoms with Gasteiger partial charge in [-0.25, -0.2) is 4.79 Å². The average molecular weight is 483 g/mol. The maximum absolute atomic E-state index is 12.2. The van der Waals surface area contributed by atoms with E-state index < -0.39 is 5.97 Å². The van der Waals surface area contributed by atoms with Crippen molar-refractivity contribution >= 4 is 56.9 Å². The van der Waals surface area contributed by atoms with Crippen molar-refractivity contribution < 1.29 is 18.7 Å². The predicted molar refractivity (Wildman–Crippen MR) is 110 cm³/mol. The van der Waals surface area contributed by atoms with Crippen LogP contribution in [0.2, 0.25) is 5.02 Å². The number of benzene rings is 2. The molecule has 1 N–H and O–H groups in total. The molecule has 0 fully saturated rings. The predicted octanol–water partition coefficient (Wildman–Crippen LogP) is 4.67. The monoisotopic (exact) mass is 481 g/mol. The molecule has 0 aliphatic heterocycles. The van der Waals surface area contributed by atoms with Gasteiger partial charge < -0.3 is 14.5 Å². The first-order chi connectivity index (χ1) is 13.5. The molecule has 0 atom stereocenters. The molecule has 1 aromatic heterocycles. The van der Waals surface area contributed by atoms with Crippen molar-refractivity contribution in [2.45, 2.75) is 5.22 Å². The van der Waals surface area contributed by atoms with Gasteiger partial charge >= 0.3 is 5.97 Å². The van der Waals surface area contributed by atoms with Gasteiger partial charge in [-0.15, -0.1) is 10.2 Å². The molecule has 0 spiro atoms. The standard InChI is InChI=1S/C18H13BrClN3O4S/c1-26-17(25)13-8-12(5-6-14(13)20)21-15(24)9-28-18-23-22-16(27-18)10-3-2-4-11(19)7-10/h2-8H,9H2,1H3,(H,21,24). The van der Waals surface area contributed by atoms with Crippen molar-refractivity contribution in [1.29, 1.82) is 0 Å². The van der Waals surface area contributed by atoms with Crippen LogP contribution in [0.3, 0.4) is 0 Å². The van der Waals surface area contributed by atoms with Crippen molar-refractivity contribution in [3.05, 3.63) is 57.5 Å². The van der Waals surface area contributed by atoms with E-state index in [1.54, 1.807) is 6.07 Å². The van der Waals surface area contributed by atoms with E-state index in [2.05, 4.69) is 36.2 Å². The number of esters is 1. The highest BCUT2D eigenvalue weighted by Gasteiger charge is 2.14. The molecule has 28 heavy (non-hydrogen) atoms. The second-order valence-electron chi connectivity index (χ2n) is 5.41. The molecule has 1 amide bonds. The summed E-state index contributed by atoms with van der Waals surface area (Å²) in [5, 5.41) is 11.1. The van der Waals surface area contributed by atoms with E-state index in [0.717, 1.165) is 21.8 Å². The smallest absolute Gasteiger partial charge is 0.339 e. The van der Waals surface area contributed by atoms with Gasteiger partial charge in [0.2, 0.25) is 11.8 Å². The summed E-state index contributed by atoms with van der Waals surface area (Å²) < 4.78 is 11.1. The number of nitrogens with zero attached hydrogens (tertiary/aromatic N) is 2. The summed E-state index contributed by atoms with van der Waals surface area (Å²) in [7, 11) is 1.26. The van der Waals surface area contributed by atoms with Crippen molar-refractivity contribution in [3.8, 4) is 11.5 Å². The minimum Gasteiger partial charge on any atom is -0.465 e. The van der Waals surface area contributed by atoms with Crippen LogP contribution < -0.4 is 5.32 Å². The molecule has 0 aliphatic carbocycles. The van der Waals surface area contributed by atoms with E-state index in [-0.39, 0.29) is 27.5 Å². The Bertz CT molecular complexity index is 1030. The van der Waals surface area contributed by atoms with Crippen molar-refractivity contribution in [2.75, 3.05) is 18.2 Å². The molecule has 0 radical (unpaired) electrons. The highest BCUT2D eigenvalue weighted by atomic mass is 79.9. The van der Waals surface area contributed by atoms with Crippen LogP contribution >= 0.6 is 39.3 Å². The van der Waals surface area contributed by atoms with Crippen LogP contribution in [0, 0.1) is 0 Å². The second-order valence-corrected chi connectivity index (χ2v) is 7.66. The third-order valence-electron chi connectivity index (χ3n) is 3.46. The lowest BCUT2D eigenvalue weighted by atomic mass is 10.2. The molecule has 0 saturated heterocycles. The lowest BCUT2D eigenvalue weighted by Crippen LogP contribution is -2.14. The molecule has 1 heterocycles. The molecule has 2 aromatic carbocycles. The van der Waals surface area contributed by atoms with Crippen LogP contribution in [0.15, 0.2) is 56.6 Å². The van der Waals surface area contributed by atoms with Crippen LogP contribution in [0.5, 0.6) is 0 Å². The minimum atomic E-state index is -0.582. The maximum atomic E-state index is 12.2. The number of carbonyl (C=O) groups excluding carboxylic acids is 2. The van der Waals surface area contributed by atoms with E-state index in [1.807, 2.05) is 24.3 Å². The Morgan fingerprint density at radius 1 is 1.25 bits per heavy atom. The molecule has 144 valence electrons. The Kier molecular flexibility index (Phi) is 6.71. The first kappa shape index (κ1) is 20.4. The van der Waals surface area contributed by atoms with Crippen LogP contribution in [0.1, 0.15) is 10.4 Å². The number of aromatic nitrogens is 2. The van der Waals surface area contributed by atoms with Gasteiger partial charge in [0.1, 0.15) is 0 Å². The summed E-state index contributed by atoms with van der Waals surface area (Å²) >= 11 is 10.5. The van der Waals surface area contributed by atoms with Gasteiger partial charge in [0.05, 0.1) is 23.4 Å². The third-order valence-corrected chi connectivity index (χ3v) is 5.10. The van der Waals surface area contributed by atoms with E-state index >= 15 is 0 Å². The second kappa shape index (κ2) is 9.22. The quantitative estimate of drug-likeness (QED) is 0.403. The molecule has 3 aromatic rings. The van der Waals surface area contributed by atoms with Gasteiger partial charge in [-0.3, -0.25) is 4.79 Å². The van der Waals surface area contributed by atoms with E-state index in [4.69, 9.17) is 16.0 Å². The summed E-state index contributed by atoms with van der Waals surface area (Å²) in [6, 6.07) is 12.0. The first-order valence-electron chi connectivity index (χ1n) is 7.86. The Hall–Kier alpha value is -2.36. The third kappa shape index (κ3) is 5.12. The summed E-state index contributed by atoms with van der Waals surface area (Å²) in [6.45, 7) is 0. The number of rotatable bonds is 6. The van der Waals surface area contributed by atoms with Crippen LogP contribution in [-0.2, 0) is 9.53 Å².